The standard InChI is InChI=1S/C10H12N4O3/c1-2-13-9(15)6-14(10(13)16)12-5-7-3-4-8(11)17-7/h3-5H,2,6,11H2,1H3/b12-5+. The van der Waals surface area contributed by atoms with E-state index in [-0.39, 0.29) is 18.3 Å². The number of nitrogens with zero attached hydrogens (tertiary/aromatic N) is 3. The van der Waals surface area contributed by atoms with Gasteiger partial charge in [0, 0.05) is 12.6 Å². The largest absolute Gasteiger partial charge is 0.440 e. The van der Waals surface area contributed by atoms with Crippen LogP contribution in [0.5, 0.6) is 0 Å². The number of imide groups is 1. The van der Waals surface area contributed by atoms with Crippen molar-refractivity contribution < 1.29 is 14.0 Å². The minimum Gasteiger partial charge on any atom is -0.440 e. The van der Waals surface area contributed by atoms with Gasteiger partial charge >= 0.3 is 6.03 Å². The minimum atomic E-state index is -0.423. The third-order valence-corrected chi connectivity index (χ3v) is 2.33. The quantitative estimate of drug-likeness (QED) is 0.610. The van der Waals surface area contributed by atoms with E-state index in [1.54, 1.807) is 19.1 Å². The number of furan rings is 1. The summed E-state index contributed by atoms with van der Waals surface area (Å²) in [6, 6.07) is 2.78. The van der Waals surface area contributed by atoms with Gasteiger partial charge in [0.1, 0.15) is 12.3 Å². The highest BCUT2D eigenvalue weighted by atomic mass is 16.3. The van der Waals surface area contributed by atoms with Crippen molar-refractivity contribution in [2.75, 3.05) is 18.8 Å². The summed E-state index contributed by atoms with van der Waals surface area (Å²) in [6.07, 6.45) is 1.35. The number of amides is 3. The first-order chi connectivity index (χ1) is 8.11. The van der Waals surface area contributed by atoms with E-state index in [0.717, 1.165) is 9.91 Å². The number of hydrogen-bond acceptors (Lipinski definition) is 5. The first-order valence-corrected chi connectivity index (χ1v) is 5.13. The molecule has 1 aliphatic rings. The summed E-state index contributed by atoms with van der Waals surface area (Å²) in [5, 5.41) is 4.97. The summed E-state index contributed by atoms with van der Waals surface area (Å²) >= 11 is 0. The average Bonchev–Trinajstić information content (AvgIpc) is 2.81. The summed E-state index contributed by atoms with van der Waals surface area (Å²) in [7, 11) is 0. The number of carbonyl (C=O) groups is 2. The predicted molar refractivity (Wildman–Crippen MR) is 60.2 cm³/mol. The molecule has 1 fully saturated rings. The maximum atomic E-state index is 11.6. The Morgan fingerprint density at radius 2 is 2.29 bits per heavy atom. The lowest BCUT2D eigenvalue weighted by Gasteiger charge is -2.10. The lowest BCUT2D eigenvalue weighted by molar-refractivity contribution is -0.125. The Labute approximate surface area is 97.5 Å². The van der Waals surface area contributed by atoms with Gasteiger partial charge in [0.2, 0.25) is 0 Å². The zero-order chi connectivity index (χ0) is 12.4. The molecule has 0 aromatic carbocycles. The Kier molecular flexibility index (Phi) is 2.82. The molecule has 0 bridgehead atoms. The predicted octanol–water partition coefficient (Wildman–Crippen LogP) is 0.480. The Morgan fingerprint density at radius 1 is 1.53 bits per heavy atom. The molecule has 1 saturated heterocycles. The highest BCUT2D eigenvalue weighted by molar-refractivity contribution is 6.02. The van der Waals surface area contributed by atoms with Crippen molar-refractivity contribution in [3.8, 4) is 0 Å². The van der Waals surface area contributed by atoms with Crippen molar-refractivity contribution in [1.82, 2.24) is 9.91 Å². The molecule has 3 amide bonds. The van der Waals surface area contributed by atoms with Crippen molar-refractivity contribution in [3.05, 3.63) is 17.9 Å². The first-order valence-electron chi connectivity index (χ1n) is 5.13. The van der Waals surface area contributed by atoms with Crippen LogP contribution in [0.1, 0.15) is 12.7 Å². The van der Waals surface area contributed by atoms with Gasteiger partial charge in [-0.25, -0.2) is 9.80 Å². The van der Waals surface area contributed by atoms with E-state index in [1.807, 2.05) is 0 Å². The van der Waals surface area contributed by atoms with Gasteiger partial charge in [0.15, 0.2) is 5.88 Å². The second-order valence-electron chi connectivity index (χ2n) is 3.46. The smallest absolute Gasteiger partial charge is 0.347 e. The fourth-order valence-corrected chi connectivity index (χ4v) is 1.49. The fourth-order valence-electron chi connectivity index (χ4n) is 1.49. The van der Waals surface area contributed by atoms with Gasteiger partial charge in [0.05, 0.1) is 6.21 Å². The van der Waals surface area contributed by atoms with E-state index >= 15 is 0 Å². The molecule has 17 heavy (non-hydrogen) atoms. The van der Waals surface area contributed by atoms with Crippen LogP contribution < -0.4 is 5.73 Å². The van der Waals surface area contributed by atoms with Crippen molar-refractivity contribution in [2.24, 2.45) is 5.10 Å². The number of carbonyl (C=O) groups excluding carboxylic acids is 2. The van der Waals surface area contributed by atoms with Crippen LogP contribution in [0.3, 0.4) is 0 Å². The normalized spacial score (nSPS) is 16.5. The van der Waals surface area contributed by atoms with Crippen molar-refractivity contribution >= 4 is 24.0 Å². The lowest BCUT2D eigenvalue weighted by Crippen LogP contribution is -2.30. The zero-order valence-electron chi connectivity index (χ0n) is 9.29. The molecule has 7 heteroatoms. The number of urea groups is 1. The van der Waals surface area contributed by atoms with Gasteiger partial charge in [-0.3, -0.25) is 9.69 Å². The molecular formula is C10H12N4O3. The number of hydrazone groups is 1. The summed E-state index contributed by atoms with van der Waals surface area (Å²) in [5.74, 6) is 0.441. The molecular weight excluding hydrogens is 224 g/mol. The number of nitrogens with two attached hydrogens (primary N) is 1. The van der Waals surface area contributed by atoms with E-state index in [9.17, 15) is 9.59 Å². The van der Waals surface area contributed by atoms with Crippen LogP contribution >= 0.6 is 0 Å². The van der Waals surface area contributed by atoms with Gasteiger partial charge in [-0.05, 0) is 13.0 Å². The number of nitrogen functional groups attached to an aromatic ring is 1. The Hall–Kier alpha value is -2.31. The molecule has 1 aromatic heterocycles. The number of rotatable bonds is 3. The molecule has 2 heterocycles. The second-order valence-corrected chi connectivity index (χ2v) is 3.46. The monoisotopic (exact) mass is 236 g/mol. The summed E-state index contributed by atoms with van der Waals surface area (Å²) in [6.45, 7) is 2.03. The van der Waals surface area contributed by atoms with E-state index in [0.29, 0.717) is 12.3 Å². The third-order valence-electron chi connectivity index (χ3n) is 2.33. The number of likely N-dealkylation sites (N-methyl/N-ethyl adjacent to an activating group) is 1. The maximum absolute atomic E-state index is 11.6. The molecule has 0 saturated carbocycles. The SMILES string of the molecule is CCN1C(=O)CN(/N=C/c2ccc(N)o2)C1=O. The van der Waals surface area contributed by atoms with Crippen molar-refractivity contribution in [1.29, 1.82) is 0 Å². The molecule has 1 aromatic rings. The van der Waals surface area contributed by atoms with Crippen LogP contribution in [0.15, 0.2) is 21.7 Å². The Morgan fingerprint density at radius 3 is 2.82 bits per heavy atom. The number of hydrogen-bond donors (Lipinski definition) is 1. The summed E-state index contributed by atoms with van der Waals surface area (Å²) in [5.41, 5.74) is 5.38. The maximum Gasteiger partial charge on any atom is 0.347 e. The molecule has 90 valence electrons. The summed E-state index contributed by atoms with van der Waals surface area (Å²) in [4.78, 5) is 24.2. The van der Waals surface area contributed by atoms with Crippen LogP contribution in [-0.4, -0.2) is 41.2 Å². The first kappa shape index (κ1) is 11.2. The molecule has 1 aliphatic heterocycles. The molecule has 0 aliphatic carbocycles. The third kappa shape index (κ3) is 2.12. The van der Waals surface area contributed by atoms with Gasteiger partial charge in [-0.2, -0.15) is 5.10 Å². The zero-order valence-corrected chi connectivity index (χ0v) is 9.29. The second kappa shape index (κ2) is 4.28. The molecule has 0 unspecified atom stereocenters. The Bertz CT molecular complexity index is 480. The average molecular weight is 236 g/mol. The molecule has 0 spiro atoms. The van der Waals surface area contributed by atoms with Crippen LogP contribution in [0.2, 0.25) is 0 Å². The lowest BCUT2D eigenvalue weighted by atomic mass is 10.5. The summed E-state index contributed by atoms with van der Waals surface area (Å²) < 4.78 is 5.05. The van der Waals surface area contributed by atoms with Crippen molar-refractivity contribution in [2.45, 2.75) is 6.92 Å². The van der Waals surface area contributed by atoms with E-state index in [2.05, 4.69) is 5.10 Å². The topological polar surface area (TPSA) is 92.1 Å². The van der Waals surface area contributed by atoms with Crippen LogP contribution in [0, 0.1) is 0 Å². The number of anilines is 1. The van der Waals surface area contributed by atoms with Gasteiger partial charge < -0.3 is 10.2 Å². The van der Waals surface area contributed by atoms with Crippen LogP contribution in [-0.2, 0) is 4.79 Å². The molecule has 7 nitrogen and oxygen atoms in total. The molecule has 0 atom stereocenters. The molecule has 2 rings (SSSR count). The molecule has 0 radical (unpaired) electrons. The highest BCUT2D eigenvalue weighted by Gasteiger charge is 2.34. The van der Waals surface area contributed by atoms with Gasteiger partial charge in [-0.15, -0.1) is 0 Å². The highest BCUT2D eigenvalue weighted by Crippen LogP contribution is 2.11. The van der Waals surface area contributed by atoms with Crippen LogP contribution in [0.4, 0.5) is 10.7 Å². The van der Waals surface area contributed by atoms with Crippen molar-refractivity contribution in [3.63, 3.8) is 0 Å². The van der Waals surface area contributed by atoms with E-state index in [4.69, 9.17) is 10.2 Å². The minimum absolute atomic E-state index is 0.0423. The van der Waals surface area contributed by atoms with Gasteiger partial charge in [0.25, 0.3) is 5.91 Å². The van der Waals surface area contributed by atoms with Gasteiger partial charge in [-0.1, -0.05) is 0 Å². The Balaban J connectivity index is 2.08. The fraction of sp³-hybridized carbons (Fsp3) is 0.300. The van der Waals surface area contributed by atoms with Crippen LogP contribution in [0.25, 0.3) is 0 Å². The van der Waals surface area contributed by atoms with E-state index in [1.165, 1.54) is 6.21 Å². The van der Waals surface area contributed by atoms with E-state index < -0.39 is 6.03 Å². The molecule has 2 N–H and O–H groups in total.